The molecule has 1 aromatic carbocycles. The van der Waals surface area contributed by atoms with Gasteiger partial charge in [0.05, 0.1) is 5.69 Å². The third-order valence-corrected chi connectivity index (χ3v) is 1.81. The highest BCUT2D eigenvalue weighted by Gasteiger charge is 2.04. The van der Waals surface area contributed by atoms with Crippen LogP contribution in [0, 0.1) is 0 Å². The molecule has 0 aliphatic carbocycles. The van der Waals surface area contributed by atoms with Crippen molar-refractivity contribution in [3.8, 4) is 5.69 Å². The van der Waals surface area contributed by atoms with Crippen LogP contribution in [-0.2, 0) is 0 Å². The fraction of sp³-hybridized carbons (Fsp3) is 0. The second-order valence-electron chi connectivity index (χ2n) is 2.79. The summed E-state index contributed by atoms with van der Waals surface area (Å²) < 4.78 is 0.969. The van der Waals surface area contributed by atoms with Crippen LogP contribution in [0.2, 0.25) is 0 Å². The highest BCUT2D eigenvalue weighted by atomic mass is 35.5. The second-order valence-corrected chi connectivity index (χ2v) is 2.79. The Morgan fingerprint density at radius 1 is 1.13 bits per heavy atom. The first-order valence-electron chi connectivity index (χ1n) is 3.94. The molecule has 80 valence electrons. The van der Waals surface area contributed by atoms with Crippen LogP contribution in [0.15, 0.2) is 33.9 Å². The van der Waals surface area contributed by atoms with Crippen molar-refractivity contribution in [3.63, 3.8) is 0 Å². The molecule has 0 amide bonds. The van der Waals surface area contributed by atoms with Crippen molar-refractivity contribution in [2.75, 3.05) is 5.73 Å². The highest BCUT2D eigenvalue weighted by Crippen LogP contribution is 2.07. The number of anilines is 1. The van der Waals surface area contributed by atoms with Crippen LogP contribution in [0.5, 0.6) is 0 Å². The summed E-state index contributed by atoms with van der Waals surface area (Å²) in [6.45, 7) is 0. The van der Waals surface area contributed by atoms with Crippen LogP contribution in [0.4, 0.5) is 5.69 Å². The van der Waals surface area contributed by atoms with E-state index >= 15 is 0 Å². The monoisotopic (exact) mass is 228 g/mol. The van der Waals surface area contributed by atoms with Crippen molar-refractivity contribution >= 4 is 18.1 Å². The fourth-order valence-corrected chi connectivity index (χ4v) is 1.21. The molecule has 0 aliphatic rings. The lowest BCUT2D eigenvalue weighted by Crippen LogP contribution is -2.24. The van der Waals surface area contributed by atoms with E-state index in [1.807, 2.05) is 0 Å². The topological polar surface area (TPSA) is 96.7 Å². The third-order valence-electron chi connectivity index (χ3n) is 1.81. The van der Waals surface area contributed by atoms with Gasteiger partial charge in [-0.1, -0.05) is 6.07 Å². The smallest absolute Gasteiger partial charge is 0.348 e. The summed E-state index contributed by atoms with van der Waals surface area (Å²) >= 11 is 0. The number of benzene rings is 1. The van der Waals surface area contributed by atoms with E-state index in [-0.39, 0.29) is 12.4 Å². The Balaban J connectivity index is 0.00000112. The number of nitrogens with one attached hydrogen (secondary N) is 2. The van der Waals surface area contributed by atoms with E-state index in [4.69, 9.17) is 5.73 Å². The number of hydrogen-bond acceptors (Lipinski definition) is 3. The zero-order valence-electron chi connectivity index (χ0n) is 7.56. The van der Waals surface area contributed by atoms with Gasteiger partial charge in [0.15, 0.2) is 0 Å². The Hall–Kier alpha value is -1.95. The van der Waals surface area contributed by atoms with E-state index in [0.29, 0.717) is 11.4 Å². The minimum Gasteiger partial charge on any atom is -0.399 e. The van der Waals surface area contributed by atoms with Crippen molar-refractivity contribution in [1.82, 2.24) is 14.8 Å². The summed E-state index contributed by atoms with van der Waals surface area (Å²) in [7, 11) is 0. The summed E-state index contributed by atoms with van der Waals surface area (Å²) in [6.07, 6.45) is 0. The molecule has 4 N–H and O–H groups in total. The van der Waals surface area contributed by atoms with Gasteiger partial charge in [-0.3, -0.25) is 0 Å². The molecular weight excluding hydrogens is 220 g/mol. The van der Waals surface area contributed by atoms with E-state index in [2.05, 4.69) is 10.2 Å². The molecule has 1 heterocycles. The average molecular weight is 229 g/mol. The minimum atomic E-state index is -0.513. The minimum absolute atomic E-state index is 0. The molecule has 0 aliphatic heterocycles. The van der Waals surface area contributed by atoms with E-state index in [1.54, 1.807) is 24.3 Å². The molecule has 0 atom stereocenters. The maximum atomic E-state index is 11.2. The number of nitrogens with two attached hydrogens (primary N) is 1. The Kier molecular flexibility index (Phi) is 3.01. The molecule has 15 heavy (non-hydrogen) atoms. The van der Waals surface area contributed by atoms with Gasteiger partial charge in [0.2, 0.25) is 0 Å². The Morgan fingerprint density at radius 2 is 1.73 bits per heavy atom. The van der Waals surface area contributed by atoms with Gasteiger partial charge in [0.25, 0.3) is 0 Å². The number of hydrogen-bond donors (Lipinski definition) is 3. The Labute approximate surface area is 90.1 Å². The normalized spacial score (nSPS) is 9.60. The third kappa shape index (κ3) is 1.94. The summed E-state index contributed by atoms with van der Waals surface area (Å²) in [5, 5.41) is 4.37. The molecule has 2 aromatic rings. The molecule has 2 rings (SSSR count). The van der Waals surface area contributed by atoms with Crippen LogP contribution in [0.25, 0.3) is 5.69 Å². The molecule has 0 saturated carbocycles. The molecule has 1 aromatic heterocycles. The van der Waals surface area contributed by atoms with Gasteiger partial charge in [0, 0.05) is 5.69 Å². The van der Waals surface area contributed by atoms with Crippen LogP contribution in [-0.4, -0.2) is 14.8 Å². The van der Waals surface area contributed by atoms with Crippen molar-refractivity contribution in [2.24, 2.45) is 0 Å². The van der Waals surface area contributed by atoms with Gasteiger partial charge in [-0.2, -0.15) is 0 Å². The maximum absolute atomic E-state index is 11.2. The SMILES string of the molecule is Cl.Nc1cccc(-n2c(=O)[nH][nH]c2=O)c1. The molecule has 0 radical (unpaired) electrons. The van der Waals surface area contributed by atoms with Crippen LogP contribution in [0.3, 0.4) is 0 Å². The number of H-pyrrole nitrogens is 2. The van der Waals surface area contributed by atoms with Crippen molar-refractivity contribution in [3.05, 3.63) is 45.2 Å². The van der Waals surface area contributed by atoms with Gasteiger partial charge >= 0.3 is 11.4 Å². The van der Waals surface area contributed by atoms with E-state index in [1.165, 1.54) is 0 Å². The number of aromatic amines is 2. The van der Waals surface area contributed by atoms with Gasteiger partial charge in [-0.25, -0.2) is 24.4 Å². The van der Waals surface area contributed by atoms with Crippen molar-refractivity contribution in [2.45, 2.75) is 0 Å². The van der Waals surface area contributed by atoms with Crippen molar-refractivity contribution in [1.29, 1.82) is 0 Å². The lowest BCUT2D eigenvalue weighted by Gasteiger charge is -1.99. The Morgan fingerprint density at radius 3 is 2.27 bits per heavy atom. The predicted molar refractivity (Wildman–Crippen MR) is 58.7 cm³/mol. The molecule has 0 fully saturated rings. The zero-order chi connectivity index (χ0) is 10.1. The van der Waals surface area contributed by atoms with E-state index in [0.717, 1.165) is 4.57 Å². The first-order chi connectivity index (χ1) is 6.68. The standard InChI is InChI=1S/C8H8N4O2.ClH/c9-5-2-1-3-6(4-5)12-7(13)10-11-8(12)14;/h1-4H,9H2,(H,10,13)(H,11,14);1H. The number of rotatable bonds is 1. The summed E-state index contributed by atoms with van der Waals surface area (Å²) in [4.78, 5) is 22.4. The molecule has 0 spiro atoms. The maximum Gasteiger partial charge on any atom is 0.348 e. The van der Waals surface area contributed by atoms with Crippen LogP contribution >= 0.6 is 12.4 Å². The van der Waals surface area contributed by atoms with Gasteiger partial charge in [0.1, 0.15) is 0 Å². The highest BCUT2D eigenvalue weighted by molar-refractivity contribution is 5.85. The summed E-state index contributed by atoms with van der Waals surface area (Å²) in [6, 6.07) is 6.52. The van der Waals surface area contributed by atoms with E-state index in [9.17, 15) is 9.59 Å². The van der Waals surface area contributed by atoms with Crippen molar-refractivity contribution < 1.29 is 0 Å². The van der Waals surface area contributed by atoms with Crippen LogP contribution in [0.1, 0.15) is 0 Å². The molecule has 0 saturated heterocycles. The first-order valence-corrected chi connectivity index (χ1v) is 3.94. The second kappa shape index (κ2) is 4.05. The molecular formula is C8H9ClN4O2. The van der Waals surface area contributed by atoms with Gasteiger partial charge in [-0.15, -0.1) is 12.4 Å². The average Bonchev–Trinajstić information content (AvgIpc) is 2.46. The molecule has 0 unspecified atom stereocenters. The number of aromatic nitrogens is 3. The number of halogens is 1. The number of nitrogen functional groups attached to an aromatic ring is 1. The lowest BCUT2D eigenvalue weighted by atomic mass is 10.3. The first kappa shape index (κ1) is 11.1. The molecule has 0 bridgehead atoms. The van der Waals surface area contributed by atoms with Gasteiger partial charge in [-0.05, 0) is 18.2 Å². The Bertz CT molecular complexity index is 541. The number of nitrogens with zero attached hydrogens (tertiary/aromatic N) is 1. The lowest BCUT2D eigenvalue weighted by molar-refractivity contribution is 0.952. The van der Waals surface area contributed by atoms with E-state index < -0.39 is 11.4 Å². The van der Waals surface area contributed by atoms with Crippen LogP contribution < -0.4 is 17.1 Å². The van der Waals surface area contributed by atoms with Gasteiger partial charge < -0.3 is 5.73 Å². The molecule has 7 heteroatoms. The predicted octanol–water partition coefficient (Wildman–Crippen LogP) is -0.142. The fourth-order valence-electron chi connectivity index (χ4n) is 1.21. The summed E-state index contributed by atoms with van der Waals surface area (Å²) in [5.74, 6) is 0. The quantitative estimate of drug-likeness (QED) is 0.593. The molecule has 6 nitrogen and oxygen atoms in total. The summed E-state index contributed by atoms with van der Waals surface area (Å²) in [5.41, 5.74) is 5.44. The largest absolute Gasteiger partial charge is 0.399 e. The zero-order valence-corrected chi connectivity index (χ0v) is 8.38.